The summed E-state index contributed by atoms with van der Waals surface area (Å²) in [4.78, 5) is 2.55. The highest BCUT2D eigenvalue weighted by molar-refractivity contribution is 5.38. The van der Waals surface area contributed by atoms with Gasteiger partial charge in [0.25, 0.3) is 0 Å². The molecule has 2 aliphatic rings. The van der Waals surface area contributed by atoms with Gasteiger partial charge in [0.05, 0.1) is 12.1 Å². The van der Waals surface area contributed by atoms with E-state index in [-0.39, 0.29) is 0 Å². The Hall–Kier alpha value is -1.06. The molecular weight excluding hydrogens is 236 g/mol. The van der Waals surface area contributed by atoms with Crippen LogP contribution in [0.1, 0.15) is 37.3 Å². The maximum Gasteiger partial charge on any atom is 0.124 e. The van der Waals surface area contributed by atoms with Gasteiger partial charge in [-0.05, 0) is 33.0 Å². The average Bonchev–Trinajstić information content (AvgIpc) is 2.99. The van der Waals surface area contributed by atoms with Gasteiger partial charge in [0.2, 0.25) is 0 Å². The molecule has 0 aromatic heterocycles. The van der Waals surface area contributed by atoms with E-state index in [1.807, 2.05) is 6.07 Å². The summed E-state index contributed by atoms with van der Waals surface area (Å²) in [5, 5.41) is 3.49. The van der Waals surface area contributed by atoms with Crippen LogP contribution in [-0.4, -0.2) is 37.7 Å². The maximum absolute atomic E-state index is 5.97. The highest BCUT2D eigenvalue weighted by Crippen LogP contribution is 2.35. The highest BCUT2D eigenvalue weighted by atomic mass is 16.5. The molecule has 0 radical (unpaired) electrons. The van der Waals surface area contributed by atoms with E-state index < -0.39 is 0 Å². The normalized spacial score (nSPS) is 27.3. The summed E-state index contributed by atoms with van der Waals surface area (Å²) < 4.78 is 5.97. The van der Waals surface area contributed by atoms with Gasteiger partial charge in [-0.25, -0.2) is 0 Å². The van der Waals surface area contributed by atoms with Crippen molar-refractivity contribution in [3.63, 3.8) is 0 Å². The molecule has 1 fully saturated rings. The molecule has 0 saturated heterocycles. The molecule has 3 heteroatoms. The lowest BCUT2D eigenvalue weighted by Crippen LogP contribution is -2.51. The smallest absolute Gasteiger partial charge is 0.124 e. The van der Waals surface area contributed by atoms with Crippen molar-refractivity contribution in [3.8, 4) is 5.75 Å². The van der Waals surface area contributed by atoms with Gasteiger partial charge in [-0.1, -0.05) is 31.0 Å². The van der Waals surface area contributed by atoms with Gasteiger partial charge in [-0.15, -0.1) is 0 Å². The molecule has 0 bridgehead atoms. The van der Waals surface area contributed by atoms with Crippen LogP contribution in [0.4, 0.5) is 0 Å². The second-order valence-electron chi connectivity index (χ2n) is 5.79. The van der Waals surface area contributed by atoms with Crippen LogP contribution >= 0.6 is 0 Å². The summed E-state index contributed by atoms with van der Waals surface area (Å²) >= 11 is 0. The second kappa shape index (κ2) is 5.51. The van der Waals surface area contributed by atoms with Crippen molar-refractivity contribution in [1.29, 1.82) is 0 Å². The lowest BCUT2D eigenvalue weighted by Gasteiger charge is -2.41. The fraction of sp³-hybridized carbons (Fsp3) is 0.625. The van der Waals surface area contributed by atoms with Crippen LogP contribution in [0.2, 0.25) is 0 Å². The van der Waals surface area contributed by atoms with Crippen LogP contribution in [0.25, 0.3) is 0 Å². The Morgan fingerprint density at radius 2 is 1.95 bits per heavy atom. The second-order valence-corrected chi connectivity index (χ2v) is 5.79. The highest BCUT2D eigenvalue weighted by Gasteiger charge is 2.35. The molecule has 19 heavy (non-hydrogen) atoms. The van der Waals surface area contributed by atoms with Crippen LogP contribution in [0, 0.1) is 0 Å². The summed E-state index contributed by atoms with van der Waals surface area (Å²) in [6.45, 7) is 0.787. The Kier molecular flexibility index (Phi) is 3.76. The Morgan fingerprint density at radius 1 is 1.21 bits per heavy atom. The molecule has 2 atom stereocenters. The molecule has 3 nitrogen and oxygen atoms in total. The van der Waals surface area contributed by atoms with Crippen LogP contribution in [0.3, 0.4) is 0 Å². The Balaban J connectivity index is 1.83. The zero-order valence-corrected chi connectivity index (χ0v) is 11.9. The third-order valence-electron chi connectivity index (χ3n) is 4.78. The molecule has 2 unspecified atom stereocenters. The molecule has 1 aromatic carbocycles. The van der Waals surface area contributed by atoms with E-state index in [4.69, 9.17) is 4.74 Å². The van der Waals surface area contributed by atoms with Crippen molar-refractivity contribution in [3.05, 3.63) is 29.8 Å². The van der Waals surface area contributed by atoms with E-state index in [9.17, 15) is 0 Å². The van der Waals surface area contributed by atoms with E-state index in [0.717, 1.165) is 18.4 Å². The van der Waals surface area contributed by atoms with Crippen LogP contribution in [0.15, 0.2) is 24.3 Å². The van der Waals surface area contributed by atoms with Gasteiger partial charge in [0, 0.05) is 11.6 Å². The van der Waals surface area contributed by atoms with Crippen molar-refractivity contribution >= 4 is 0 Å². The molecule has 1 N–H and O–H groups in total. The molecule has 0 spiro atoms. The van der Waals surface area contributed by atoms with Crippen LogP contribution in [0.5, 0.6) is 5.75 Å². The van der Waals surface area contributed by atoms with E-state index in [2.05, 4.69) is 42.5 Å². The van der Waals surface area contributed by atoms with Crippen molar-refractivity contribution in [1.82, 2.24) is 10.2 Å². The zero-order chi connectivity index (χ0) is 13.2. The molecule has 3 rings (SSSR count). The topological polar surface area (TPSA) is 24.5 Å². The molecule has 1 aromatic rings. The summed E-state index contributed by atoms with van der Waals surface area (Å²) in [6, 6.07) is 9.95. The van der Waals surface area contributed by atoms with Gasteiger partial charge < -0.3 is 10.1 Å². The Bertz CT molecular complexity index is 429. The number of benzene rings is 1. The van der Waals surface area contributed by atoms with Gasteiger partial charge in [0.15, 0.2) is 0 Å². The molecule has 1 aliphatic heterocycles. The number of rotatable bonds is 3. The number of ether oxygens (including phenoxy) is 1. The SMILES string of the molecule is CNC1c2ccccc2OCC1N(C)C1CCCC1. The number of nitrogens with zero attached hydrogens (tertiary/aromatic N) is 1. The molecule has 1 heterocycles. The number of nitrogens with one attached hydrogen (secondary N) is 1. The molecule has 0 amide bonds. The summed E-state index contributed by atoms with van der Waals surface area (Å²) in [6.07, 6.45) is 5.43. The minimum Gasteiger partial charge on any atom is -0.492 e. The van der Waals surface area contributed by atoms with Gasteiger partial charge >= 0.3 is 0 Å². The van der Waals surface area contributed by atoms with E-state index in [1.54, 1.807) is 0 Å². The standard InChI is InChI=1S/C16H24N2O/c1-17-16-13-9-5-6-10-15(13)19-11-14(16)18(2)12-7-3-4-8-12/h5-6,9-10,12,14,16-17H,3-4,7-8,11H2,1-2H3. The third-order valence-corrected chi connectivity index (χ3v) is 4.78. The van der Waals surface area contributed by atoms with Gasteiger partial charge in [-0.2, -0.15) is 0 Å². The number of para-hydroxylation sites is 1. The minimum atomic E-state index is 0.371. The van der Waals surface area contributed by atoms with Crippen molar-refractivity contribution in [2.24, 2.45) is 0 Å². The maximum atomic E-state index is 5.97. The Labute approximate surface area is 115 Å². The quantitative estimate of drug-likeness (QED) is 0.904. The van der Waals surface area contributed by atoms with Crippen LogP contribution < -0.4 is 10.1 Å². The lowest BCUT2D eigenvalue weighted by atomic mass is 9.94. The number of hydrogen-bond acceptors (Lipinski definition) is 3. The first kappa shape index (κ1) is 12.9. The first-order valence-corrected chi connectivity index (χ1v) is 7.42. The number of likely N-dealkylation sites (N-methyl/N-ethyl adjacent to an activating group) is 2. The van der Waals surface area contributed by atoms with E-state index in [1.165, 1.54) is 31.2 Å². The fourth-order valence-corrected chi connectivity index (χ4v) is 3.63. The first-order chi connectivity index (χ1) is 9.31. The fourth-order valence-electron chi connectivity index (χ4n) is 3.63. The first-order valence-electron chi connectivity index (χ1n) is 7.42. The monoisotopic (exact) mass is 260 g/mol. The third kappa shape index (κ3) is 2.37. The summed E-state index contributed by atoms with van der Waals surface area (Å²) in [5.41, 5.74) is 1.30. The summed E-state index contributed by atoms with van der Waals surface area (Å²) in [5.74, 6) is 1.04. The van der Waals surface area contributed by atoms with E-state index >= 15 is 0 Å². The Morgan fingerprint density at radius 3 is 2.68 bits per heavy atom. The zero-order valence-electron chi connectivity index (χ0n) is 11.9. The minimum absolute atomic E-state index is 0.371. The predicted octanol–water partition coefficient (Wildman–Crippen LogP) is 2.58. The molecular formula is C16H24N2O. The van der Waals surface area contributed by atoms with Gasteiger partial charge in [0.1, 0.15) is 12.4 Å². The number of fused-ring (bicyclic) bond motifs is 1. The van der Waals surface area contributed by atoms with Crippen molar-refractivity contribution in [2.45, 2.75) is 43.8 Å². The van der Waals surface area contributed by atoms with E-state index in [0.29, 0.717) is 12.1 Å². The van der Waals surface area contributed by atoms with Crippen molar-refractivity contribution in [2.75, 3.05) is 20.7 Å². The lowest BCUT2D eigenvalue weighted by molar-refractivity contribution is 0.0778. The van der Waals surface area contributed by atoms with Crippen LogP contribution in [-0.2, 0) is 0 Å². The molecule has 1 aliphatic carbocycles. The molecule has 1 saturated carbocycles. The summed E-state index contributed by atoms with van der Waals surface area (Å²) in [7, 11) is 4.32. The predicted molar refractivity (Wildman–Crippen MR) is 77.5 cm³/mol. The number of hydrogen-bond donors (Lipinski definition) is 1. The molecule has 104 valence electrons. The largest absolute Gasteiger partial charge is 0.492 e. The average molecular weight is 260 g/mol. The van der Waals surface area contributed by atoms with Gasteiger partial charge in [-0.3, -0.25) is 4.90 Å². The van der Waals surface area contributed by atoms with Crippen molar-refractivity contribution < 1.29 is 4.74 Å².